The van der Waals surface area contributed by atoms with Crippen LogP contribution in [-0.2, 0) is 0 Å². The number of hydrogen-bond acceptors (Lipinski definition) is 5. The van der Waals surface area contributed by atoms with Gasteiger partial charge in [0.2, 0.25) is 5.76 Å². The minimum absolute atomic E-state index is 0.0313. The molecule has 0 bridgehead atoms. The zero-order valence-electron chi connectivity index (χ0n) is 10.5. The van der Waals surface area contributed by atoms with Gasteiger partial charge in [0, 0.05) is 12.1 Å². The maximum absolute atomic E-state index is 10.7. The Kier molecular flexibility index (Phi) is 3.69. The third-order valence-electron chi connectivity index (χ3n) is 2.60. The predicted octanol–water partition coefficient (Wildman–Crippen LogP) is 3.03. The summed E-state index contributed by atoms with van der Waals surface area (Å²) in [5, 5.41) is 19.3. The maximum atomic E-state index is 10.7. The van der Waals surface area contributed by atoms with Crippen LogP contribution >= 0.6 is 0 Å². The van der Waals surface area contributed by atoms with Crippen LogP contribution in [0.15, 0.2) is 40.8 Å². The first-order valence-electron chi connectivity index (χ1n) is 5.71. The van der Waals surface area contributed by atoms with E-state index < -0.39 is 17.0 Å². The van der Waals surface area contributed by atoms with E-state index in [9.17, 15) is 14.9 Å². The predicted molar refractivity (Wildman–Crippen MR) is 67.8 cm³/mol. The van der Waals surface area contributed by atoms with Crippen LogP contribution in [0, 0.1) is 10.1 Å². The van der Waals surface area contributed by atoms with E-state index in [1.807, 2.05) is 0 Å². The van der Waals surface area contributed by atoms with Crippen molar-refractivity contribution in [2.75, 3.05) is 0 Å². The summed E-state index contributed by atoms with van der Waals surface area (Å²) in [6.45, 7) is 1.69. The number of nitrogens with zero attached hydrogens (tertiary/aromatic N) is 1. The molecule has 0 aliphatic rings. The molecule has 0 radical (unpaired) electrons. The summed E-state index contributed by atoms with van der Waals surface area (Å²) in [6, 6.07) is 8.44. The number of carboxylic acid groups (broad SMARTS) is 1. The third kappa shape index (κ3) is 2.94. The molecule has 20 heavy (non-hydrogen) atoms. The van der Waals surface area contributed by atoms with E-state index in [2.05, 4.69) is 0 Å². The monoisotopic (exact) mass is 277 g/mol. The topological polar surface area (TPSA) is 103 Å². The molecular weight excluding hydrogens is 266 g/mol. The fraction of sp³-hybridized carbons (Fsp3) is 0.154. The zero-order chi connectivity index (χ0) is 14.7. The average molecular weight is 277 g/mol. The van der Waals surface area contributed by atoms with Gasteiger partial charge < -0.3 is 14.3 Å². The summed E-state index contributed by atoms with van der Waals surface area (Å²) in [6.07, 6.45) is -0.510. The normalized spacial score (nSPS) is 11.8. The second-order valence-electron chi connectivity index (χ2n) is 4.02. The highest BCUT2D eigenvalue weighted by Crippen LogP contribution is 2.25. The Bertz CT molecular complexity index is 631. The van der Waals surface area contributed by atoms with E-state index in [-0.39, 0.29) is 11.4 Å². The van der Waals surface area contributed by atoms with Gasteiger partial charge in [0.15, 0.2) is 6.10 Å². The summed E-state index contributed by atoms with van der Waals surface area (Å²) in [4.78, 5) is 20.7. The number of nitro benzene ring substituents is 1. The van der Waals surface area contributed by atoms with Crippen molar-refractivity contribution >= 4 is 11.7 Å². The molecule has 2 aromatic rings. The van der Waals surface area contributed by atoms with E-state index in [0.717, 1.165) is 0 Å². The number of benzene rings is 1. The van der Waals surface area contributed by atoms with Crippen molar-refractivity contribution in [1.82, 2.24) is 0 Å². The van der Waals surface area contributed by atoms with E-state index in [1.165, 1.54) is 36.4 Å². The Morgan fingerprint density at radius 2 is 1.95 bits per heavy atom. The van der Waals surface area contributed by atoms with E-state index in [1.54, 1.807) is 6.92 Å². The quantitative estimate of drug-likeness (QED) is 0.665. The van der Waals surface area contributed by atoms with Gasteiger partial charge in [-0.25, -0.2) is 4.79 Å². The van der Waals surface area contributed by atoms with Gasteiger partial charge >= 0.3 is 5.97 Å². The molecule has 0 saturated carbocycles. The summed E-state index contributed by atoms with van der Waals surface area (Å²) in [7, 11) is 0. The van der Waals surface area contributed by atoms with Crippen LogP contribution in [0.3, 0.4) is 0 Å². The average Bonchev–Trinajstić information content (AvgIpc) is 2.89. The highest BCUT2D eigenvalue weighted by atomic mass is 16.6. The molecule has 0 fully saturated rings. The van der Waals surface area contributed by atoms with E-state index in [0.29, 0.717) is 11.5 Å². The number of nitro groups is 1. The van der Waals surface area contributed by atoms with Crippen molar-refractivity contribution in [2.24, 2.45) is 0 Å². The molecule has 0 saturated heterocycles. The van der Waals surface area contributed by atoms with Crippen molar-refractivity contribution in [3.05, 3.63) is 58.0 Å². The second kappa shape index (κ2) is 5.43. The Labute approximate surface area is 113 Å². The Morgan fingerprint density at radius 1 is 1.30 bits per heavy atom. The molecule has 1 N–H and O–H groups in total. The smallest absolute Gasteiger partial charge is 0.371 e. The molecule has 104 valence electrons. The van der Waals surface area contributed by atoms with Gasteiger partial charge in [-0.3, -0.25) is 10.1 Å². The van der Waals surface area contributed by atoms with Gasteiger partial charge in [0.1, 0.15) is 11.5 Å². The Hall–Kier alpha value is -2.83. The van der Waals surface area contributed by atoms with Crippen molar-refractivity contribution < 1.29 is 24.0 Å². The standard InChI is InChI=1S/C13H11NO6/c1-8(11-6-7-12(20-11)13(15)16)19-10-4-2-9(3-5-10)14(17)18/h2-8H,1H3,(H,15,16). The molecule has 1 unspecified atom stereocenters. The summed E-state index contributed by atoms with van der Waals surface area (Å²) < 4.78 is 10.6. The van der Waals surface area contributed by atoms with Crippen LogP contribution in [0.4, 0.5) is 5.69 Å². The number of carboxylic acids is 1. The molecule has 1 aromatic heterocycles. The molecule has 7 nitrogen and oxygen atoms in total. The van der Waals surface area contributed by atoms with Gasteiger partial charge in [-0.15, -0.1) is 0 Å². The number of carbonyl (C=O) groups is 1. The van der Waals surface area contributed by atoms with Crippen LogP contribution in [0.2, 0.25) is 0 Å². The molecule has 0 aliphatic carbocycles. The zero-order valence-corrected chi connectivity index (χ0v) is 10.5. The van der Waals surface area contributed by atoms with Gasteiger partial charge in [-0.1, -0.05) is 0 Å². The molecule has 0 aliphatic heterocycles. The fourth-order valence-corrected chi connectivity index (χ4v) is 1.59. The maximum Gasteiger partial charge on any atom is 0.371 e. The summed E-state index contributed by atoms with van der Waals surface area (Å²) in [5.74, 6) is -0.532. The minimum Gasteiger partial charge on any atom is -0.483 e. The lowest BCUT2D eigenvalue weighted by Gasteiger charge is -2.11. The first-order valence-corrected chi connectivity index (χ1v) is 5.71. The van der Waals surface area contributed by atoms with Crippen LogP contribution < -0.4 is 4.74 Å². The number of furan rings is 1. The number of aromatic carboxylic acids is 1. The van der Waals surface area contributed by atoms with Crippen LogP contribution in [0.1, 0.15) is 29.3 Å². The summed E-state index contributed by atoms with van der Waals surface area (Å²) in [5.41, 5.74) is -0.0313. The molecule has 0 spiro atoms. The van der Waals surface area contributed by atoms with E-state index >= 15 is 0 Å². The van der Waals surface area contributed by atoms with Crippen molar-refractivity contribution in [1.29, 1.82) is 0 Å². The Morgan fingerprint density at radius 3 is 2.45 bits per heavy atom. The molecule has 1 aromatic carbocycles. The lowest BCUT2D eigenvalue weighted by molar-refractivity contribution is -0.384. The van der Waals surface area contributed by atoms with Gasteiger partial charge in [0.25, 0.3) is 5.69 Å². The molecule has 0 amide bonds. The van der Waals surface area contributed by atoms with Crippen molar-refractivity contribution in [2.45, 2.75) is 13.0 Å². The third-order valence-corrected chi connectivity index (χ3v) is 2.60. The first kappa shape index (κ1) is 13.6. The Balaban J connectivity index is 2.08. The van der Waals surface area contributed by atoms with Gasteiger partial charge in [-0.05, 0) is 31.2 Å². The van der Waals surface area contributed by atoms with E-state index in [4.69, 9.17) is 14.3 Å². The molecule has 7 heteroatoms. The SMILES string of the molecule is CC(Oc1ccc([N+](=O)[O-])cc1)c1ccc(C(=O)O)o1. The number of rotatable bonds is 5. The molecular formula is C13H11NO6. The second-order valence-corrected chi connectivity index (χ2v) is 4.02. The fourth-order valence-electron chi connectivity index (χ4n) is 1.59. The van der Waals surface area contributed by atoms with Gasteiger partial charge in [-0.2, -0.15) is 0 Å². The first-order chi connectivity index (χ1) is 9.47. The van der Waals surface area contributed by atoms with Gasteiger partial charge in [0.05, 0.1) is 4.92 Å². The number of hydrogen-bond donors (Lipinski definition) is 1. The highest BCUT2D eigenvalue weighted by Gasteiger charge is 2.16. The summed E-state index contributed by atoms with van der Waals surface area (Å²) >= 11 is 0. The number of ether oxygens (including phenoxy) is 1. The highest BCUT2D eigenvalue weighted by molar-refractivity contribution is 5.84. The largest absolute Gasteiger partial charge is 0.483 e. The molecule has 1 atom stereocenters. The van der Waals surface area contributed by atoms with Crippen molar-refractivity contribution in [3.63, 3.8) is 0 Å². The molecule has 2 rings (SSSR count). The number of non-ortho nitro benzene ring substituents is 1. The molecule has 1 heterocycles. The lowest BCUT2D eigenvalue weighted by atomic mass is 10.3. The minimum atomic E-state index is -1.15. The van der Waals surface area contributed by atoms with Crippen LogP contribution in [0.25, 0.3) is 0 Å². The lowest BCUT2D eigenvalue weighted by Crippen LogP contribution is -2.02. The van der Waals surface area contributed by atoms with Crippen molar-refractivity contribution in [3.8, 4) is 5.75 Å². The van der Waals surface area contributed by atoms with Crippen LogP contribution in [0.5, 0.6) is 5.75 Å². The van der Waals surface area contributed by atoms with Crippen LogP contribution in [-0.4, -0.2) is 16.0 Å².